The van der Waals surface area contributed by atoms with Crippen LogP contribution in [-0.4, -0.2) is 26.7 Å². The first-order valence-corrected chi connectivity index (χ1v) is 9.24. The molecule has 1 aliphatic heterocycles. The molecule has 2 fully saturated rings. The standard InChI is InChI=1S/C14H16ClFO4S/c15-21(17,18)13-8-10(16)2-3-12(13)20-11-4-7-19-14(9-11)5-1-6-14/h2-3,8,11H,1,4-7,9H2. The summed E-state index contributed by atoms with van der Waals surface area (Å²) in [4.78, 5) is -0.321. The number of rotatable bonds is 3. The first-order chi connectivity index (χ1) is 9.88. The minimum absolute atomic E-state index is 0.104. The molecule has 1 saturated heterocycles. The summed E-state index contributed by atoms with van der Waals surface area (Å²) in [5.41, 5.74) is -0.108. The maximum absolute atomic E-state index is 13.2. The van der Waals surface area contributed by atoms with Crippen LogP contribution in [0.15, 0.2) is 23.1 Å². The smallest absolute Gasteiger partial charge is 0.265 e. The van der Waals surface area contributed by atoms with Gasteiger partial charge in [-0.2, -0.15) is 0 Å². The van der Waals surface area contributed by atoms with Crippen molar-refractivity contribution in [2.45, 2.75) is 48.7 Å². The van der Waals surface area contributed by atoms with Gasteiger partial charge in [-0.15, -0.1) is 0 Å². The van der Waals surface area contributed by atoms with Gasteiger partial charge in [0.1, 0.15) is 22.6 Å². The van der Waals surface area contributed by atoms with Crippen LogP contribution in [0, 0.1) is 5.82 Å². The first-order valence-electron chi connectivity index (χ1n) is 6.93. The fourth-order valence-corrected chi connectivity index (χ4v) is 3.92. The summed E-state index contributed by atoms with van der Waals surface area (Å²) in [5, 5.41) is 0. The lowest BCUT2D eigenvalue weighted by Gasteiger charge is -2.46. The van der Waals surface area contributed by atoms with Crippen molar-refractivity contribution >= 4 is 19.7 Å². The van der Waals surface area contributed by atoms with Gasteiger partial charge in [0.25, 0.3) is 9.05 Å². The predicted octanol–water partition coefficient (Wildman–Crippen LogP) is 3.23. The normalized spacial score (nSPS) is 24.6. The van der Waals surface area contributed by atoms with Crippen LogP contribution in [0.5, 0.6) is 5.75 Å². The summed E-state index contributed by atoms with van der Waals surface area (Å²) in [6.07, 6.45) is 4.44. The molecule has 1 heterocycles. The molecule has 1 saturated carbocycles. The molecule has 7 heteroatoms. The maximum atomic E-state index is 13.2. The molecular formula is C14H16ClFO4S. The Hall–Kier alpha value is -0.850. The van der Waals surface area contributed by atoms with E-state index in [1.165, 1.54) is 12.1 Å². The van der Waals surface area contributed by atoms with E-state index in [0.717, 1.165) is 31.7 Å². The minimum atomic E-state index is -4.05. The Labute approximate surface area is 127 Å². The van der Waals surface area contributed by atoms with Gasteiger partial charge in [-0.1, -0.05) is 0 Å². The highest BCUT2D eigenvalue weighted by Crippen LogP contribution is 2.43. The molecule has 0 bridgehead atoms. The lowest BCUT2D eigenvalue weighted by molar-refractivity contribution is -0.153. The van der Waals surface area contributed by atoms with Gasteiger partial charge in [0.05, 0.1) is 12.2 Å². The van der Waals surface area contributed by atoms with Crippen molar-refractivity contribution in [2.24, 2.45) is 0 Å². The van der Waals surface area contributed by atoms with Crippen molar-refractivity contribution in [3.63, 3.8) is 0 Å². The summed E-state index contributed by atoms with van der Waals surface area (Å²) < 4.78 is 47.9. The highest BCUT2D eigenvalue weighted by atomic mass is 35.7. The molecule has 0 N–H and O–H groups in total. The van der Waals surface area contributed by atoms with Crippen molar-refractivity contribution in [1.82, 2.24) is 0 Å². The average molecular weight is 335 g/mol. The number of ether oxygens (including phenoxy) is 2. The fourth-order valence-electron chi connectivity index (χ4n) is 2.95. The zero-order chi connectivity index (χ0) is 15.1. The largest absolute Gasteiger partial charge is 0.489 e. The van der Waals surface area contributed by atoms with Gasteiger partial charge in [0.15, 0.2) is 0 Å². The van der Waals surface area contributed by atoms with Gasteiger partial charge < -0.3 is 9.47 Å². The molecule has 1 unspecified atom stereocenters. The van der Waals surface area contributed by atoms with E-state index < -0.39 is 14.9 Å². The molecule has 2 aliphatic rings. The molecule has 0 amide bonds. The van der Waals surface area contributed by atoms with Gasteiger partial charge in [0.2, 0.25) is 0 Å². The van der Waals surface area contributed by atoms with Crippen molar-refractivity contribution in [3.8, 4) is 5.75 Å². The van der Waals surface area contributed by atoms with E-state index >= 15 is 0 Å². The van der Waals surface area contributed by atoms with E-state index in [0.29, 0.717) is 13.0 Å². The third kappa shape index (κ3) is 3.17. The van der Waals surface area contributed by atoms with Crippen molar-refractivity contribution in [3.05, 3.63) is 24.0 Å². The van der Waals surface area contributed by atoms with Crippen molar-refractivity contribution in [2.75, 3.05) is 6.61 Å². The zero-order valence-electron chi connectivity index (χ0n) is 11.3. The van der Waals surface area contributed by atoms with Gasteiger partial charge in [-0.3, -0.25) is 0 Å². The number of halogens is 2. The summed E-state index contributed by atoms with van der Waals surface area (Å²) in [7, 11) is 1.30. The molecular weight excluding hydrogens is 319 g/mol. The lowest BCUT2D eigenvalue weighted by atomic mass is 9.74. The van der Waals surface area contributed by atoms with Crippen LogP contribution in [0.3, 0.4) is 0 Å². The molecule has 0 aromatic heterocycles. The summed E-state index contributed by atoms with van der Waals surface area (Å²) in [5.74, 6) is -0.559. The van der Waals surface area contributed by atoms with Crippen LogP contribution in [-0.2, 0) is 13.8 Å². The first kappa shape index (κ1) is 15.1. The van der Waals surface area contributed by atoms with Gasteiger partial charge >= 0.3 is 0 Å². The van der Waals surface area contributed by atoms with E-state index in [4.69, 9.17) is 20.2 Å². The van der Waals surface area contributed by atoms with Crippen LogP contribution < -0.4 is 4.74 Å². The monoisotopic (exact) mass is 334 g/mol. The van der Waals surface area contributed by atoms with Crippen molar-refractivity contribution < 1.29 is 22.3 Å². The second-order valence-electron chi connectivity index (χ2n) is 5.65. The third-order valence-electron chi connectivity index (χ3n) is 4.17. The molecule has 1 spiro atoms. The predicted molar refractivity (Wildman–Crippen MR) is 75.6 cm³/mol. The Balaban J connectivity index is 1.81. The minimum Gasteiger partial charge on any atom is -0.489 e. The molecule has 4 nitrogen and oxygen atoms in total. The second kappa shape index (κ2) is 5.41. The fraction of sp³-hybridized carbons (Fsp3) is 0.571. The second-order valence-corrected chi connectivity index (χ2v) is 8.18. The highest BCUT2D eigenvalue weighted by Gasteiger charge is 2.43. The molecule has 1 aliphatic carbocycles. The van der Waals surface area contributed by atoms with Crippen LogP contribution in [0.1, 0.15) is 32.1 Å². The molecule has 3 rings (SSSR count). The van der Waals surface area contributed by atoms with E-state index in [2.05, 4.69) is 0 Å². The Kier molecular flexibility index (Phi) is 3.88. The van der Waals surface area contributed by atoms with Crippen LogP contribution in [0.2, 0.25) is 0 Å². The lowest BCUT2D eigenvalue weighted by Crippen LogP contribution is -2.48. The van der Waals surface area contributed by atoms with Crippen LogP contribution in [0.4, 0.5) is 4.39 Å². The average Bonchev–Trinajstić information content (AvgIpc) is 2.38. The van der Waals surface area contributed by atoms with E-state index in [1.54, 1.807) is 0 Å². The van der Waals surface area contributed by atoms with Crippen LogP contribution in [0.25, 0.3) is 0 Å². The maximum Gasteiger partial charge on any atom is 0.265 e. The summed E-state index contributed by atoms with van der Waals surface area (Å²) in [6.45, 7) is 0.592. The molecule has 116 valence electrons. The molecule has 1 atom stereocenters. The highest BCUT2D eigenvalue weighted by molar-refractivity contribution is 8.13. The SMILES string of the molecule is O=S(=O)(Cl)c1cc(F)ccc1OC1CCOC2(CCC2)C1. The molecule has 1 aromatic carbocycles. The Morgan fingerprint density at radius 1 is 1.38 bits per heavy atom. The molecule has 1 aromatic rings. The Morgan fingerprint density at radius 2 is 2.14 bits per heavy atom. The topological polar surface area (TPSA) is 52.6 Å². The molecule has 0 radical (unpaired) electrons. The van der Waals surface area contributed by atoms with E-state index in [9.17, 15) is 12.8 Å². The van der Waals surface area contributed by atoms with Crippen LogP contribution >= 0.6 is 10.7 Å². The third-order valence-corrected chi connectivity index (χ3v) is 5.52. The van der Waals surface area contributed by atoms with Gasteiger partial charge in [-0.05, 0) is 37.5 Å². The zero-order valence-corrected chi connectivity index (χ0v) is 12.9. The summed E-state index contributed by atoms with van der Waals surface area (Å²) >= 11 is 0. The Morgan fingerprint density at radius 3 is 2.76 bits per heavy atom. The van der Waals surface area contributed by atoms with Gasteiger partial charge in [0, 0.05) is 23.5 Å². The quantitative estimate of drug-likeness (QED) is 0.796. The number of hydrogen-bond acceptors (Lipinski definition) is 4. The number of hydrogen-bond donors (Lipinski definition) is 0. The van der Waals surface area contributed by atoms with Crippen molar-refractivity contribution in [1.29, 1.82) is 0 Å². The molecule has 21 heavy (non-hydrogen) atoms. The van der Waals surface area contributed by atoms with E-state index in [1.807, 2.05) is 0 Å². The van der Waals surface area contributed by atoms with E-state index in [-0.39, 0.29) is 22.4 Å². The Bertz CT molecular complexity index is 642. The number of benzene rings is 1. The summed E-state index contributed by atoms with van der Waals surface area (Å²) in [6, 6.07) is 3.36. The van der Waals surface area contributed by atoms with Gasteiger partial charge in [-0.25, -0.2) is 12.8 Å².